The van der Waals surface area contributed by atoms with Crippen molar-refractivity contribution in [2.45, 2.75) is 0 Å². The summed E-state index contributed by atoms with van der Waals surface area (Å²) in [6, 6.07) is 62.4. The third-order valence-electron chi connectivity index (χ3n) is 9.73. The minimum Gasteiger partial charge on any atom is -0.208 e. The maximum absolute atomic E-state index is 5.11. The first-order valence-electron chi connectivity index (χ1n) is 17.6. The summed E-state index contributed by atoms with van der Waals surface area (Å²) < 4.78 is 0. The fourth-order valence-corrected chi connectivity index (χ4v) is 7.08. The maximum atomic E-state index is 5.11. The van der Waals surface area contributed by atoms with Crippen LogP contribution >= 0.6 is 0 Å². The van der Waals surface area contributed by atoms with Gasteiger partial charge < -0.3 is 0 Å². The maximum Gasteiger partial charge on any atom is 0.164 e. The van der Waals surface area contributed by atoms with Gasteiger partial charge in [-0.05, 0) is 62.7 Å². The Morgan fingerprint density at radius 2 is 0.887 bits per heavy atom. The molecule has 0 aliphatic carbocycles. The molecule has 8 aromatic carbocycles. The van der Waals surface area contributed by atoms with Crippen molar-refractivity contribution in [3.63, 3.8) is 0 Å². The Morgan fingerprint density at radius 1 is 0.358 bits per heavy atom. The third-order valence-corrected chi connectivity index (χ3v) is 9.73. The number of rotatable bonds is 6. The molecule has 0 N–H and O–H groups in total. The van der Waals surface area contributed by atoms with Crippen LogP contribution in [0.2, 0.25) is 0 Å². The number of hydrogen-bond acceptors (Lipinski definition) is 5. The lowest BCUT2D eigenvalue weighted by atomic mass is 9.94. The van der Waals surface area contributed by atoms with Crippen LogP contribution in [-0.2, 0) is 0 Å². The van der Waals surface area contributed by atoms with Crippen LogP contribution in [0.4, 0.5) is 0 Å². The molecule has 10 rings (SSSR count). The van der Waals surface area contributed by atoms with Crippen LogP contribution in [0.5, 0.6) is 0 Å². The van der Waals surface area contributed by atoms with E-state index in [0.717, 1.165) is 71.6 Å². The molecule has 0 amide bonds. The Kier molecular flexibility index (Phi) is 7.36. The Balaban J connectivity index is 1.10. The van der Waals surface area contributed by atoms with E-state index in [1.54, 1.807) is 4.80 Å². The largest absolute Gasteiger partial charge is 0.208 e. The number of aromatic nitrogens is 6. The molecule has 0 fully saturated rings. The molecular formula is C47H30N6. The Hall–Kier alpha value is -7.31. The Bertz CT molecular complexity index is 2920. The van der Waals surface area contributed by atoms with Gasteiger partial charge in [0.25, 0.3) is 0 Å². The number of nitrogens with zero attached hydrogens (tertiary/aromatic N) is 6. The van der Waals surface area contributed by atoms with Gasteiger partial charge in [0.15, 0.2) is 17.5 Å². The average molecular weight is 679 g/mol. The molecule has 2 heterocycles. The topological polar surface area (TPSA) is 69.4 Å². The smallest absolute Gasteiger partial charge is 0.164 e. The van der Waals surface area contributed by atoms with Crippen LogP contribution in [0.15, 0.2) is 182 Å². The van der Waals surface area contributed by atoms with E-state index in [1.807, 2.05) is 78.9 Å². The van der Waals surface area contributed by atoms with Crippen molar-refractivity contribution in [3.8, 4) is 62.1 Å². The molecule has 10 aromatic rings. The van der Waals surface area contributed by atoms with E-state index in [4.69, 9.17) is 25.1 Å². The Labute approximate surface area is 305 Å². The highest BCUT2D eigenvalue weighted by molar-refractivity contribution is 6.18. The molecule has 0 bridgehead atoms. The number of para-hydroxylation sites is 1. The van der Waals surface area contributed by atoms with Gasteiger partial charge in [0.1, 0.15) is 11.0 Å². The predicted molar refractivity (Wildman–Crippen MR) is 214 cm³/mol. The zero-order chi connectivity index (χ0) is 35.1. The molecule has 0 spiro atoms. The molecule has 0 atom stereocenters. The standard InChI is InChI=1S/C47H30N6/c1-4-12-31(13-5-1)32-20-23-35(24-21-32)46-48-45(34-14-6-2-7-15-34)49-47(50-46)41-19-11-10-18-39(41)36-26-28-40-37(30-36)25-22-33-27-29-42-44(43(33)40)52-53(51-42)38-16-8-3-9-17-38/h1-30H. The lowest BCUT2D eigenvalue weighted by Crippen LogP contribution is -2.01. The van der Waals surface area contributed by atoms with Crippen molar-refractivity contribution < 1.29 is 0 Å². The molecule has 2 aromatic heterocycles. The van der Waals surface area contributed by atoms with E-state index < -0.39 is 0 Å². The quantitative estimate of drug-likeness (QED) is 0.164. The van der Waals surface area contributed by atoms with Gasteiger partial charge in [-0.1, -0.05) is 158 Å². The third kappa shape index (κ3) is 5.59. The fraction of sp³-hybridized carbons (Fsp3) is 0. The zero-order valence-electron chi connectivity index (χ0n) is 28.5. The monoisotopic (exact) mass is 678 g/mol. The van der Waals surface area contributed by atoms with Crippen molar-refractivity contribution in [1.29, 1.82) is 0 Å². The summed E-state index contributed by atoms with van der Waals surface area (Å²) in [5.74, 6) is 1.88. The van der Waals surface area contributed by atoms with Crippen LogP contribution in [0, 0.1) is 0 Å². The molecule has 0 aliphatic rings. The molecule has 0 saturated carbocycles. The molecule has 6 nitrogen and oxygen atoms in total. The summed E-state index contributed by atoms with van der Waals surface area (Å²) in [6.07, 6.45) is 0. The average Bonchev–Trinajstić information content (AvgIpc) is 3.69. The molecule has 0 unspecified atom stereocenters. The van der Waals surface area contributed by atoms with Crippen molar-refractivity contribution in [2.24, 2.45) is 0 Å². The van der Waals surface area contributed by atoms with Crippen molar-refractivity contribution in [1.82, 2.24) is 29.9 Å². The summed E-state index contributed by atoms with van der Waals surface area (Å²) in [5, 5.41) is 14.2. The molecule has 0 aliphatic heterocycles. The second kappa shape index (κ2) is 12.8. The van der Waals surface area contributed by atoms with E-state index in [2.05, 4.69) is 103 Å². The minimum absolute atomic E-state index is 0.620. The summed E-state index contributed by atoms with van der Waals surface area (Å²) in [7, 11) is 0. The zero-order valence-corrected chi connectivity index (χ0v) is 28.5. The van der Waals surface area contributed by atoms with Gasteiger partial charge in [-0.25, -0.2) is 15.0 Å². The van der Waals surface area contributed by atoms with Gasteiger partial charge in [-0.3, -0.25) is 0 Å². The first-order chi connectivity index (χ1) is 26.2. The lowest BCUT2D eigenvalue weighted by molar-refractivity contribution is 0.766. The highest BCUT2D eigenvalue weighted by Crippen LogP contribution is 2.37. The van der Waals surface area contributed by atoms with Crippen LogP contribution in [-0.4, -0.2) is 29.9 Å². The van der Waals surface area contributed by atoms with Gasteiger partial charge in [-0.15, -0.1) is 10.2 Å². The summed E-state index contributed by atoms with van der Waals surface area (Å²) in [4.78, 5) is 16.9. The second-order valence-corrected chi connectivity index (χ2v) is 13.0. The van der Waals surface area contributed by atoms with Crippen LogP contribution in [0.1, 0.15) is 0 Å². The van der Waals surface area contributed by atoms with Crippen molar-refractivity contribution in [2.75, 3.05) is 0 Å². The predicted octanol–water partition coefficient (Wildman–Crippen LogP) is 11.2. The van der Waals surface area contributed by atoms with E-state index in [-0.39, 0.29) is 0 Å². The molecule has 0 saturated heterocycles. The second-order valence-electron chi connectivity index (χ2n) is 13.0. The molecule has 6 heteroatoms. The minimum atomic E-state index is 0.620. The number of fused-ring (bicyclic) bond motifs is 5. The van der Waals surface area contributed by atoms with Gasteiger partial charge in [0, 0.05) is 22.1 Å². The van der Waals surface area contributed by atoms with Crippen molar-refractivity contribution in [3.05, 3.63) is 182 Å². The summed E-state index contributed by atoms with van der Waals surface area (Å²) in [6.45, 7) is 0. The lowest BCUT2D eigenvalue weighted by Gasteiger charge is -2.13. The normalized spacial score (nSPS) is 11.4. The van der Waals surface area contributed by atoms with Gasteiger partial charge in [0.05, 0.1) is 5.69 Å². The van der Waals surface area contributed by atoms with E-state index >= 15 is 0 Å². The molecular weight excluding hydrogens is 649 g/mol. The number of hydrogen-bond donors (Lipinski definition) is 0. The van der Waals surface area contributed by atoms with Gasteiger partial charge >= 0.3 is 0 Å². The highest BCUT2D eigenvalue weighted by atomic mass is 15.5. The SMILES string of the molecule is c1ccc(-c2ccc(-c3nc(-c4ccccc4)nc(-c4ccccc4-c4ccc5c(ccc6ccc7nn(-c8ccccc8)nc7c65)c4)n3)cc2)cc1. The highest BCUT2D eigenvalue weighted by Gasteiger charge is 2.17. The summed E-state index contributed by atoms with van der Waals surface area (Å²) in [5.41, 5.74) is 9.88. The van der Waals surface area contributed by atoms with Crippen LogP contribution in [0.3, 0.4) is 0 Å². The van der Waals surface area contributed by atoms with E-state index in [0.29, 0.717) is 17.5 Å². The van der Waals surface area contributed by atoms with Gasteiger partial charge in [0.2, 0.25) is 0 Å². The molecule has 53 heavy (non-hydrogen) atoms. The fourth-order valence-electron chi connectivity index (χ4n) is 7.08. The van der Waals surface area contributed by atoms with Crippen molar-refractivity contribution >= 4 is 32.6 Å². The van der Waals surface area contributed by atoms with Crippen LogP contribution in [0.25, 0.3) is 94.7 Å². The molecule has 0 radical (unpaired) electrons. The first kappa shape index (κ1) is 30.5. The summed E-state index contributed by atoms with van der Waals surface area (Å²) >= 11 is 0. The van der Waals surface area contributed by atoms with Crippen LogP contribution < -0.4 is 0 Å². The van der Waals surface area contributed by atoms with E-state index in [9.17, 15) is 0 Å². The Morgan fingerprint density at radius 3 is 1.62 bits per heavy atom. The molecule has 248 valence electrons. The number of benzene rings is 8. The van der Waals surface area contributed by atoms with Gasteiger partial charge in [-0.2, -0.15) is 4.80 Å². The van der Waals surface area contributed by atoms with E-state index in [1.165, 1.54) is 5.56 Å². The first-order valence-corrected chi connectivity index (χ1v) is 17.6.